The van der Waals surface area contributed by atoms with Crippen LogP contribution in [0.4, 0.5) is 0 Å². The van der Waals surface area contributed by atoms with Crippen molar-refractivity contribution in [2.75, 3.05) is 33.3 Å². The lowest BCUT2D eigenvalue weighted by Gasteiger charge is -2.39. The molecule has 1 atom stereocenters. The summed E-state index contributed by atoms with van der Waals surface area (Å²) >= 11 is 0. The largest absolute Gasteiger partial charge is 0.487 e. The molecule has 1 aromatic carbocycles. The molecule has 1 unspecified atom stereocenters. The van der Waals surface area contributed by atoms with Crippen LogP contribution >= 0.6 is 0 Å². The molecule has 1 fully saturated rings. The average molecular weight is 397 g/mol. The van der Waals surface area contributed by atoms with Gasteiger partial charge >= 0.3 is 5.97 Å². The molecule has 0 aliphatic carbocycles. The number of methoxy groups -OCH3 is 1. The van der Waals surface area contributed by atoms with Crippen LogP contribution in [0.15, 0.2) is 48.7 Å². The fourth-order valence-corrected chi connectivity index (χ4v) is 3.39. The van der Waals surface area contributed by atoms with Crippen LogP contribution in [0.5, 0.6) is 5.75 Å². The molecule has 1 amide bonds. The fourth-order valence-electron chi connectivity index (χ4n) is 3.39. The van der Waals surface area contributed by atoms with Gasteiger partial charge in [-0.15, -0.1) is 0 Å². The van der Waals surface area contributed by atoms with Crippen LogP contribution in [-0.4, -0.2) is 66.0 Å². The third-order valence-electron chi connectivity index (χ3n) is 5.05. The maximum absolute atomic E-state index is 12.9. The van der Waals surface area contributed by atoms with Crippen LogP contribution in [0.25, 0.3) is 0 Å². The highest BCUT2D eigenvalue weighted by Crippen LogP contribution is 2.18. The molecule has 0 bridgehead atoms. The Morgan fingerprint density at radius 1 is 1.14 bits per heavy atom. The second-order valence-corrected chi connectivity index (χ2v) is 7.11. The van der Waals surface area contributed by atoms with E-state index in [-0.39, 0.29) is 17.9 Å². The predicted molar refractivity (Wildman–Crippen MR) is 109 cm³/mol. The summed E-state index contributed by atoms with van der Waals surface area (Å²) in [7, 11) is 1.40. The Labute approximate surface area is 171 Å². The van der Waals surface area contributed by atoms with E-state index in [0.717, 1.165) is 18.8 Å². The summed E-state index contributed by atoms with van der Waals surface area (Å²) in [5.74, 6) is 0.510. The Bertz CT molecular complexity index is 811. The van der Waals surface area contributed by atoms with Gasteiger partial charge in [0.25, 0.3) is 5.91 Å². The van der Waals surface area contributed by atoms with E-state index < -0.39 is 0 Å². The van der Waals surface area contributed by atoms with Gasteiger partial charge in [0.1, 0.15) is 12.4 Å². The quantitative estimate of drug-likeness (QED) is 0.668. The van der Waals surface area contributed by atoms with Crippen molar-refractivity contribution in [3.63, 3.8) is 0 Å². The Morgan fingerprint density at radius 2 is 1.93 bits per heavy atom. The van der Waals surface area contributed by atoms with E-state index in [2.05, 4.69) is 9.88 Å². The summed E-state index contributed by atoms with van der Waals surface area (Å²) in [6.07, 6.45) is 2.11. The minimum atomic E-state index is -0.207. The summed E-state index contributed by atoms with van der Waals surface area (Å²) in [5, 5.41) is 0. The van der Waals surface area contributed by atoms with Crippen molar-refractivity contribution in [1.29, 1.82) is 0 Å². The summed E-state index contributed by atoms with van der Waals surface area (Å²) < 4.78 is 10.4. The molecule has 3 rings (SSSR count). The average Bonchev–Trinajstić information content (AvgIpc) is 2.76. The molecule has 1 saturated heterocycles. The summed E-state index contributed by atoms with van der Waals surface area (Å²) in [6, 6.07) is 13.0. The van der Waals surface area contributed by atoms with Crippen molar-refractivity contribution in [3.8, 4) is 5.75 Å². The number of piperazine rings is 1. The number of benzene rings is 1. The number of hydrogen-bond donors (Lipinski definition) is 0. The van der Waals surface area contributed by atoms with E-state index in [1.54, 1.807) is 18.3 Å². The molecule has 29 heavy (non-hydrogen) atoms. The molecule has 0 radical (unpaired) electrons. The molecule has 7 heteroatoms. The number of carbonyl (C=O) groups is 2. The fraction of sp³-hybridized carbons (Fsp3) is 0.409. The van der Waals surface area contributed by atoms with Crippen LogP contribution in [0.2, 0.25) is 0 Å². The van der Waals surface area contributed by atoms with Gasteiger partial charge in [0, 0.05) is 44.0 Å². The number of carbonyl (C=O) groups excluding carboxylic acids is 2. The predicted octanol–water partition coefficient (Wildman–Crippen LogP) is 2.37. The van der Waals surface area contributed by atoms with Gasteiger partial charge in [0.2, 0.25) is 0 Å². The maximum Gasteiger partial charge on any atom is 0.306 e. The minimum absolute atomic E-state index is 0.0152. The summed E-state index contributed by atoms with van der Waals surface area (Å²) in [6.45, 7) is 5.21. The van der Waals surface area contributed by atoms with Gasteiger partial charge in [0.15, 0.2) is 0 Å². The first-order valence-electron chi connectivity index (χ1n) is 9.79. The highest BCUT2D eigenvalue weighted by molar-refractivity contribution is 5.94. The minimum Gasteiger partial charge on any atom is -0.487 e. The number of rotatable bonds is 7. The van der Waals surface area contributed by atoms with Crippen molar-refractivity contribution in [2.24, 2.45) is 0 Å². The SMILES string of the molecule is COC(=O)CCN1CCN(C(=O)c2ccc(OCc3ccccn3)cc2)C(C)C1. The van der Waals surface area contributed by atoms with Crippen LogP contribution in [0.3, 0.4) is 0 Å². The van der Waals surface area contributed by atoms with Crippen molar-refractivity contribution < 1.29 is 19.1 Å². The lowest BCUT2D eigenvalue weighted by molar-refractivity contribution is -0.141. The number of aromatic nitrogens is 1. The molecular weight excluding hydrogens is 370 g/mol. The van der Waals surface area contributed by atoms with Gasteiger partial charge in [-0.05, 0) is 43.3 Å². The highest BCUT2D eigenvalue weighted by atomic mass is 16.5. The molecule has 2 heterocycles. The van der Waals surface area contributed by atoms with E-state index in [1.165, 1.54) is 7.11 Å². The monoisotopic (exact) mass is 397 g/mol. The van der Waals surface area contributed by atoms with Crippen molar-refractivity contribution in [1.82, 2.24) is 14.8 Å². The molecule has 1 aliphatic heterocycles. The number of ether oxygens (including phenoxy) is 2. The normalized spacial score (nSPS) is 17.0. The summed E-state index contributed by atoms with van der Waals surface area (Å²) in [4.78, 5) is 32.5. The lowest BCUT2D eigenvalue weighted by atomic mass is 10.1. The Balaban J connectivity index is 1.51. The number of nitrogens with zero attached hydrogens (tertiary/aromatic N) is 3. The molecule has 2 aromatic rings. The number of pyridine rings is 1. The van der Waals surface area contributed by atoms with Crippen LogP contribution < -0.4 is 4.74 Å². The lowest BCUT2D eigenvalue weighted by Crippen LogP contribution is -2.54. The zero-order chi connectivity index (χ0) is 20.6. The van der Waals surface area contributed by atoms with Gasteiger partial charge in [-0.25, -0.2) is 0 Å². The van der Waals surface area contributed by atoms with E-state index in [9.17, 15) is 9.59 Å². The van der Waals surface area contributed by atoms with Crippen LogP contribution in [0, 0.1) is 0 Å². The molecule has 7 nitrogen and oxygen atoms in total. The highest BCUT2D eigenvalue weighted by Gasteiger charge is 2.28. The number of esters is 1. The molecular formula is C22H27N3O4. The molecule has 0 N–H and O–H groups in total. The third-order valence-corrected chi connectivity index (χ3v) is 5.05. The molecule has 0 spiro atoms. The van der Waals surface area contributed by atoms with Crippen LogP contribution in [-0.2, 0) is 16.1 Å². The summed E-state index contributed by atoms with van der Waals surface area (Å²) in [5.41, 5.74) is 1.50. The topological polar surface area (TPSA) is 72.0 Å². The first-order chi connectivity index (χ1) is 14.1. The van der Waals surface area contributed by atoms with E-state index >= 15 is 0 Å². The smallest absolute Gasteiger partial charge is 0.306 e. The molecule has 154 valence electrons. The second-order valence-electron chi connectivity index (χ2n) is 7.11. The second kappa shape index (κ2) is 10.0. The van der Waals surface area contributed by atoms with Gasteiger partial charge < -0.3 is 14.4 Å². The van der Waals surface area contributed by atoms with Crippen molar-refractivity contribution in [2.45, 2.75) is 26.0 Å². The van der Waals surface area contributed by atoms with E-state index in [1.807, 2.05) is 42.2 Å². The van der Waals surface area contributed by atoms with Crippen LogP contribution in [0.1, 0.15) is 29.4 Å². The first-order valence-corrected chi connectivity index (χ1v) is 9.79. The number of hydrogen-bond acceptors (Lipinski definition) is 6. The Morgan fingerprint density at radius 3 is 2.59 bits per heavy atom. The third kappa shape index (κ3) is 5.77. The van der Waals surface area contributed by atoms with Gasteiger partial charge in [-0.3, -0.25) is 19.5 Å². The number of amides is 1. The molecule has 0 saturated carbocycles. The van der Waals surface area contributed by atoms with Gasteiger partial charge in [-0.1, -0.05) is 6.07 Å². The first kappa shape index (κ1) is 20.8. The zero-order valence-corrected chi connectivity index (χ0v) is 16.9. The van der Waals surface area contributed by atoms with Crippen molar-refractivity contribution >= 4 is 11.9 Å². The van der Waals surface area contributed by atoms with Crippen molar-refractivity contribution in [3.05, 3.63) is 59.9 Å². The van der Waals surface area contributed by atoms with Gasteiger partial charge in [-0.2, -0.15) is 0 Å². The van der Waals surface area contributed by atoms with Gasteiger partial charge in [0.05, 0.1) is 19.2 Å². The van der Waals surface area contributed by atoms with E-state index in [4.69, 9.17) is 9.47 Å². The van der Waals surface area contributed by atoms with E-state index in [0.29, 0.717) is 37.4 Å². The Kier molecular flexibility index (Phi) is 7.19. The molecule has 1 aliphatic rings. The Hall–Kier alpha value is -2.93. The maximum atomic E-state index is 12.9. The molecule has 1 aromatic heterocycles. The standard InChI is InChI=1S/C22H27N3O4/c1-17-15-24(12-10-21(26)28-2)13-14-25(17)22(27)18-6-8-20(9-7-18)29-16-19-5-3-4-11-23-19/h3-9,11,17H,10,12-16H2,1-2H3. The zero-order valence-electron chi connectivity index (χ0n) is 16.9.